The number of amides is 3. The molecule has 0 fully saturated rings. The molecule has 4 unspecified atom stereocenters. The van der Waals surface area contributed by atoms with Crippen molar-refractivity contribution < 1.29 is 39.6 Å². The van der Waals surface area contributed by atoms with Gasteiger partial charge in [0.25, 0.3) is 0 Å². The quantitative estimate of drug-likeness (QED) is 0.174. The number of aliphatic carboxylic acids is 1. The van der Waals surface area contributed by atoms with E-state index in [1.807, 2.05) is 0 Å². The highest BCUT2D eigenvalue weighted by atomic mass is 16.4. The fourth-order valence-corrected chi connectivity index (χ4v) is 3.20. The number of hydrogen-bond acceptors (Lipinski definition) is 8. The zero-order chi connectivity index (χ0) is 26.8. The fourth-order valence-electron chi connectivity index (χ4n) is 3.20. The van der Waals surface area contributed by atoms with E-state index in [0.29, 0.717) is 11.1 Å². The highest BCUT2D eigenvalue weighted by molar-refractivity contribution is 5.94. The normalized spacial score (nSPS) is 14.1. The lowest BCUT2D eigenvalue weighted by Crippen LogP contribution is -2.58. The van der Waals surface area contributed by atoms with Gasteiger partial charge in [0, 0.05) is 12.8 Å². The number of aliphatic hydroxyl groups excluding tert-OH is 1. The molecule has 2 rings (SSSR count). The van der Waals surface area contributed by atoms with Gasteiger partial charge in [0.05, 0.1) is 6.10 Å². The SMILES string of the molecule is CC(O)C(N)C(=O)NC(Cc1ccc(O)cc1)C(=O)NC(Cc1ccc(O)cc1)C(=O)NCC(=O)O. The molecule has 12 nitrogen and oxygen atoms in total. The molecule has 2 aromatic carbocycles. The Kier molecular flexibility index (Phi) is 10.2. The number of carboxylic acid groups (broad SMARTS) is 1. The number of aliphatic hydroxyl groups is 1. The van der Waals surface area contributed by atoms with Crippen molar-refractivity contribution in [2.75, 3.05) is 6.54 Å². The van der Waals surface area contributed by atoms with Gasteiger partial charge < -0.3 is 42.1 Å². The summed E-state index contributed by atoms with van der Waals surface area (Å²) < 4.78 is 0. The lowest BCUT2D eigenvalue weighted by Gasteiger charge is -2.25. The van der Waals surface area contributed by atoms with E-state index in [1.165, 1.54) is 43.3 Å². The van der Waals surface area contributed by atoms with Gasteiger partial charge in [0.15, 0.2) is 0 Å². The Morgan fingerprint density at radius 3 is 1.61 bits per heavy atom. The Balaban J connectivity index is 2.27. The van der Waals surface area contributed by atoms with Crippen molar-refractivity contribution in [3.8, 4) is 11.5 Å². The van der Waals surface area contributed by atoms with Crippen LogP contribution in [0.4, 0.5) is 0 Å². The number of aromatic hydroxyl groups is 2. The summed E-state index contributed by atoms with van der Waals surface area (Å²) in [6.07, 6.45) is -1.26. The minimum absolute atomic E-state index is 0.000731. The molecule has 9 N–H and O–H groups in total. The van der Waals surface area contributed by atoms with Crippen molar-refractivity contribution in [1.29, 1.82) is 0 Å². The molecule has 194 valence electrons. The summed E-state index contributed by atoms with van der Waals surface area (Å²) in [6.45, 7) is 0.650. The van der Waals surface area contributed by atoms with Crippen molar-refractivity contribution in [3.63, 3.8) is 0 Å². The average molecular weight is 503 g/mol. The number of hydrogen-bond donors (Lipinski definition) is 8. The van der Waals surface area contributed by atoms with Gasteiger partial charge in [0.1, 0.15) is 36.2 Å². The van der Waals surface area contributed by atoms with Crippen LogP contribution in [0.25, 0.3) is 0 Å². The van der Waals surface area contributed by atoms with Crippen LogP contribution in [0.15, 0.2) is 48.5 Å². The van der Waals surface area contributed by atoms with Gasteiger partial charge in [-0.3, -0.25) is 19.2 Å². The van der Waals surface area contributed by atoms with Crippen molar-refractivity contribution in [3.05, 3.63) is 59.7 Å². The first-order valence-electron chi connectivity index (χ1n) is 11.1. The fraction of sp³-hybridized carbons (Fsp3) is 0.333. The molecule has 0 aliphatic heterocycles. The van der Waals surface area contributed by atoms with E-state index in [9.17, 15) is 34.5 Å². The lowest BCUT2D eigenvalue weighted by molar-refractivity contribution is -0.138. The molecule has 4 atom stereocenters. The number of carbonyl (C=O) groups is 4. The molecule has 2 aromatic rings. The molecule has 0 bridgehead atoms. The third kappa shape index (κ3) is 8.89. The number of carboxylic acids is 1. The molecule has 0 aromatic heterocycles. The molecular formula is C24H30N4O8. The second-order valence-electron chi connectivity index (χ2n) is 8.24. The molecule has 0 heterocycles. The van der Waals surface area contributed by atoms with Gasteiger partial charge in [0.2, 0.25) is 17.7 Å². The number of nitrogens with two attached hydrogens (primary N) is 1. The first kappa shape index (κ1) is 28.1. The number of rotatable bonds is 12. The number of nitrogens with one attached hydrogen (secondary N) is 3. The van der Waals surface area contributed by atoms with Crippen LogP contribution in [0.3, 0.4) is 0 Å². The smallest absolute Gasteiger partial charge is 0.322 e. The lowest BCUT2D eigenvalue weighted by atomic mass is 10.0. The van der Waals surface area contributed by atoms with Crippen molar-refractivity contribution in [2.45, 2.75) is 44.0 Å². The van der Waals surface area contributed by atoms with E-state index in [0.717, 1.165) is 0 Å². The third-order valence-electron chi connectivity index (χ3n) is 5.25. The zero-order valence-electron chi connectivity index (χ0n) is 19.5. The molecule has 0 saturated heterocycles. The first-order valence-corrected chi connectivity index (χ1v) is 11.1. The first-order chi connectivity index (χ1) is 17.0. The number of carbonyl (C=O) groups excluding carboxylic acids is 3. The maximum Gasteiger partial charge on any atom is 0.322 e. The van der Waals surface area contributed by atoms with Crippen LogP contribution >= 0.6 is 0 Å². The van der Waals surface area contributed by atoms with Crippen LogP contribution in [-0.2, 0) is 32.0 Å². The van der Waals surface area contributed by atoms with Gasteiger partial charge in [-0.05, 0) is 42.3 Å². The number of benzene rings is 2. The summed E-state index contributed by atoms with van der Waals surface area (Å²) in [4.78, 5) is 49.3. The largest absolute Gasteiger partial charge is 0.508 e. The van der Waals surface area contributed by atoms with E-state index in [4.69, 9.17) is 10.8 Å². The average Bonchev–Trinajstić information content (AvgIpc) is 2.83. The van der Waals surface area contributed by atoms with Gasteiger partial charge in [-0.25, -0.2) is 0 Å². The molecular weight excluding hydrogens is 472 g/mol. The molecule has 0 aliphatic rings. The van der Waals surface area contributed by atoms with Gasteiger partial charge in [-0.15, -0.1) is 0 Å². The molecule has 12 heteroatoms. The maximum absolute atomic E-state index is 13.2. The summed E-state index contributed by atoms with van der Waals surface area (Å²) in [5.41, 5.74) is 6.83. The summed E-state index contributed by atoms with van der Waals surface area (Å²) >= 11 is 0. The van der Waals surface area contributed by atoms with Crippen LogP contribution in [-0.4, -0.2) is 74.9 Å². The molecule has 0 spiro atoms. The van der Waals surface area contributed by atoms with Crippen LogP contribution in [0.5, 0.6) is 11.5 Å². The highest BCUT2D eigenvalue weighted by Gasteiger charge is 2.29. The Bertz CT molecular complexity index is 1060. The number of phenols is 2. The minimum Gasteiger partial charge on any atom is -0.508 e. The van der Waals surface area contributed by atoms with Gasteiger partial charge in [-0.1, -0.05) is 24.3 Å². The number of phenolic OH excluding ortho intramolecular Hbond substituents is 2. The Hall–Kier alpha value is -4.16. The van der Waals surface area contributed by atoms with Crippen LogP contribution in [0.1, 0.15) is 18.1 Å². The Morgan fingerprint density at radius 2 is 1.19 bits per heavy atom. The highest BCUT2D eigenvalue weighted by Crippen LogP contribution is 2.14. The van der Waals surface area contributed by atoms with Gasteiger partial charge >= 0.3 is 5.97 Å². The van der Waals surface area contributed by atoms with E-state index in [-0.39, 0.29) is 24.3 Å². The Labute approximate surface area is 207 Å². The topological polar surface area (TPSA) is 211 Å². The predicted octanol–water partition coefficient (Wildman–Crippen LogP) is -1.24. The van der Waals surface area contributed by atoms with Crippen molar-refractivity contribution in [2.24, 2.45) is 5.73 Å². The Morgan fingerprint density at radius 1 is 0.778 bits per heavy atom. The molecule has 0 saturated carbocycles. The van der Waals surface area contributed by atoms with Gasteiger partial charge in [-0.2, -0.15) is 0 Å². The summed E-state index contributed by atoms with van der Waals surface area (Å²) in [5, 5.41) is 44.7. The van der Waals surface area contributed by atoms with Crippen molar-refractivity contribution >= 4 is 23.7 Å². The van der Waals surface area contributed by atoms with Crippen molar-refractivity contribution in [1.82, 2.24) is 16.0 Å². The molecule has 0 radical (unpaired) electrons. The molecule has 3 amide bonds. The maximum atomic E-state index is 13.2. The van der Waals surface area contributed by atoms with E-state index in [2.05, 4.69) is 16.0 Å². The predicted molar refractivity (Wildman–Crippen MR) is 128 cm³/mol. The zero-order valence-corrected chi connectivity index (χ0v) is 19.5. The summed E-state index contributed by atoms with van der Waals surface area (Å²) in [6, 6.07) is 8.02. The third-order valence-corrected chi connectivity index (χ3v) is 5.25. The van der Waals surface area contributed by atoms with E-state index < -0.39 is 54.5 Å². The second kappa shape index (κ2) is 13.1. The second-order valence-corrected chi connectivity index (χ2v) is 8.24. The van der Waals surface area contributed by atoms with Crippen LogP contribution in [0.2, 0.25) is 0 Å². The standard InChI is InChI=1S/C24H30N4O8/c1-13(29)21(25)24(36)28-19(11-15-4-8-17(31)9-5-15)23(35)27-18(22(34)26-12-20(32)33)10-14-2-6-16(30)7-3-14/h2-9,13,18-19,21,29-31H,10-12,25H2,1H3,(H,26,34)(H,27,35)(H,28,36)(H,32,33). The minimum atomic E-state index is -1.31. The monoisotopic (exact) mass is 502 g/mol. The summed E-state index contributed by atoms with van der Waals surface area (Å²) in [7, 11) is 0. The summed E-state index contributed by atoms with van der Waals surface area (Å²) in [5.74, 6) is -3.60. The molecule has 36 heavy (non-hydrogen) atoms. The van der Waals surface area contributed by atoms with E-state index >= 15 is 0 Å². The van der Waals surface area contributed by atoms with Crippen LogP contribution < -0.4 is 21.7 Å². The molecule has 0 aliphatic carbocycles. The van der Waals surface area contributed by atoms with E-state index in [1.54, 1.807) is 12.1 Å². The van der Waals surface area contributed by atoms with Crippen LogP contribution in [0, 0.1) is 0 Å².